The van der Waals surface area contributed by atoms with Crippen LogP contribution in [0, 0.1) is 10.1 Å². The van der Waals surface area contributed by atoms with Crippen molar-refractivity contribution in [1.29, 1.82) is 0 Å². The predicted octanol–water partition coefficient (Wildman–Crippen LogP) is 3.56. The zero-order valence-electron chi connectivity index (χ0n) is 12.8. The van der Waals surface area contributed by atoms with Gasteiger partial charge in [0.25, 0.3) is 5.69 Å². The molecular weight excluding hydrogens is 316 g/mol. The van der Waals surface area contributed by atoms with Crippen LogP contribution in [0.1, 0.15) is 49.6 Å². The van der Waals surface area contributed by atoms with Gasteiger partial charge in [-0.25, -0.2) is 0 Å². The molecule has 8 heteroatoms. The first kappa shape index (κ1) is 15.9. The van der Waals surface area contributed by atoms with E-state index in [0.717, 1.165) is 30.6 Å². The quantitative estimate of drug-likeness (QED) is 0.506. The van der Waals surface area contributed by atoms with Crippen molar-refractivity contribution >= 4 is 17.4 Å². The molecule has 2 N–H and O–H groups in total. The van der Waals surface area contributed by atoms with Crippen LogP contribution < -0.4 is 5.73 Å². The Hall–Kier alpha value is -1.93. The van der Waals surface area contributed by atoms with E-state index in [1.807, 2.05) is 6.92 Å². The fourth-order valence-electron chi connectivity index (χ4n) is 2.73. The van der Waals surface area contributed by atoms with Gasteiger partial charge in [0.05, 0.1) is 15.7 Å². The Balaban J connectivity index is 1.70. The van der Waals surface area contributed by atoms with E-state index in [-0.39, 0.29) is 10.9 Å². The molecule has 1 heterocycles. The average Bonchev–Trinajstić information content (AvgIpc) is 3.17. The fourth-order valence-corrected chi connectivity index (χ4v) is 3.63. The van der Waals surface area contributed by atoms with Crippen molar-refractivity contribution in [3.05, 3.63) is 46.1 Å². The number of non-ortho nitro benzene ring substituents is 1. The molecule has 1 saturated carbocycles. The third-order valence-corrected chi connectivity index (χ3v) is 5.19. The van der Waals surface area contributed by atoms with Crippen molar-refractivity contribution in [1.82, 2.24) is 10.1 Å². The molecular formula is C15H18N4O3S. The molecule has 3 rings (SSSR count). The second kappa shape index (κ2) is 6.29. The Morgan fingerprint density at radius 2 is 2.00 bits per heavy atom. The van der Waals surface area contributed by atoms with Crippen LogP contribution in [0.4, 0.5) is 5.69 Å². The molecule has 0 aliphatic heterocycles. The summed E-state index contributed by atoms with van der Waals surface area (Å²) < 4.78 is 5.37. The van der Waals surface area contributed by atoms with Crippen LogP contribution in [0.15, 0.2) is 33.7 Å². The second-order valence-corrected chi connectivity index (χ2v) is 7.24. The van der Waals surface area contributed by atoms with Gasteiger partial charge in [0.15, 0.2) is 5.82 Å². The number of rotatable bonds is 5. The largest absolute Gasteiger partial charge is 0.338 e. The van der Waals surface area contributed by atoms with Crippen LogP contribution >= 0.6 is 11.8 Å². The molecule has 7 nitrogen and oxygen atoms in total. The van der Waals surface area contributed by atoms with Crippen molar-refractivity contribution in [2.75, 3.05) is 0 Å². The van der Waals surface area contributed by atoms with E-state index >= 15 is 0 Å². The first-order chi connectivity index (χ1) is 11.0. The highest BCUT2D eigenvalue weighted by molar-refractivity contribution is 7.99. The summed E-state index contributed by atoms with van der Waals surface area (Å²) in [6.45, 7) is 1.96. The van der Waals surface area contributed by atoms with Crippen molar-refractivity contribution in [2.24, 2.45) is 5.73 Å². The molecule has 1 aromatic heterocycles. The zero-order chi connectivity index (χ0) is 16.4. The molecule has 0 saturated heterocycles. The molecule has 1 aliphatic carbocycles. The lowest BCUT2D eigenvalue weighted by atomic mass is 9.99. The van der Waals surface area contributed by atoms with Gasteiger partial charge in [-0.3, -0.25) is 10.1 Å². The van der Waals surface area contributed by atoms with E-state index in [2.05, 4.69) is 10.1 Å². The van der Waals surface area contributed by atoms with Gasteiger partial charge < -0.3 is 10.3 Å². The lowest BCUT2D eigenvalue weighted by molar-refractivity contribution is -0.384. The van der Waals surface area contributed by atoms with Gasteiger partial charge in [-0.15, -0.1) is 11.8 Å². The minimum absolute atomic E-state index is 0.0530. The molecule has 0 amide bonds. The molecule has 1 aliphatic rings. The van der Waals surface area contributed by atoms with E-state index < -0.39 is 10.5 Å². The van der Waals surface area contributed by atoms with Gasteiger partial charge in [-0.2, -0.15) is 4.98 Å². The van der Waals surface area contributed by atoms with Gasteiger partial charge in [-0.1, -0.05) is 18.0 Å². The highest BCUT2D eigenvalue weighted by Gasteiger charge is 2.36. The number of hydrogen-bond donors (Lipinski definition) is 1. The number of thioether (sulfide) groups is 1. The van der Waals surface area contributed by atoms with Crippen LogP contribution in [0.25, 0.3) is 0 Å². The Morgan fingerprint density at radius 3 is 2.61 bits per heavy atom. The van der Waals surface area contributed by atoms with Gasteiger partial charge in [0.2, 0.25) is 5.89 Å². The third kappa shape index (κ3) is 3.37. The van der Waals surface area contributed by atoms with E-state index in [9.17, 15) is 10.1 Å². The first-order valence-corrected chi connectivity index (χ1v) is 8.40. The molecule has 1 unspecified atom stereocenters. The Labute approximate surface area is 137 Å². The molecule has 1 aromatic carbocycles. The van der Waals surface area contributed by atoms with Gasteiger partial charge >= 0.3 is 0 Å². The summed E-state index contributed by atoms with van der Waals surface area (Å²) in [6, 6.07) is 6.42. The highest BCUT2D eigenvalue weighted by atomic mass is 32.2. The summed E-state index contributed by atoms with van der Waals surface area (Å²) in [6.07, 6.45) is 3.95. The Kier molecular flexibility index (Phi) is 4.36. The number of nitrogens with two attached hydrogens (primary N) is 1. The topological polar surface area (TPSA) is 108 Å². The van der Waals surface area contributed by atoms with Crippen molar-refractivity contribution in [3.8, 4) is 0 Å². The number of benzene rings is 1. The van der Waals surface area contributed by atoms with Crippen LogP contribution in [-0.4, -0.2) is 15.1 Å². The number of nitro benzene ring substituents is 1. The minimum atomic E-state index is -0.459. The molecule has 0 bridgehead atoms. The summed E-state index contributed by atoms with van der Waals surface area (Å²) >= 11 is 1.51. The molecule has 1 atom stereocenters. The monoisotopic (exact) mass is 334 g/mol. The van der Waals surface area contributed by atoms with Crippen LogP contribution in [0.5, 0.6) is 0 Å². The van der Waals surface area contributed by atoms with E-state index in [4.69, 9.17) is 10.3 Å². The Morgan fingerprint density at radius 1 is 1.35 bits per heavy atom. The van der Waals surface area contributed by atoms with Crippen molar-refractivity contribution in [3.63, 3.8) is 0 Å². The SMILES string of the molecule is CC(Sc1ccc([N+](=O)[O-])cc1)c1nc(C2(N)CCCC2)no1. The predicted molar refractivity (Wildman–Crippen MR) is 86.0 cm³/mol. The maximum Gasteiger partial charge on any atom is 0.269 e. The standard InChI is InChI=1S/C15H18N4O3S/c1-10(23-12-6-4-11(5-7-12)19(20)21)13-17-14(18-22-13)15(16)8-2-3-9-15/h4-7,10H,2-3,8-9,16H2,1H3. The first-order valence-electron chi connectivity index (χ1n) is 7.52. The molecule has 1 fully saturated rings. The van der Waals surface area contributed by atoms with E-state index in [0.29, 0.717) is 11.7 Å². The third-order valence-electron chi connectivity index (χ3n) is 4.09. The summed E-state index contributed by atoms with van der Waals surface area (Å²) in [4.78, 5) is 15.6. The van der Waals surface area contributed by atoms with Crippen molar-refractivity contribution in [2.45, 2.75) is 48.3 Å². The van der Waals surface area contributed by atoms with Crippen molar-refractivity contribution < 1.29 is 9.45 Å². The lowest BCUT2D eigenvalue weighted by Gasteiger charge is -2.17. The normalized spacial score (nSPS) is 18.0. The number of aromatic nitrogens is 2. The molecule has 23 heavy (non-hydrogen) atoms. The lowest BCUT2D eigenvalue weighted by Crippen LogP contribution is -2.34. The van der Waals surface area contributed by atoms with Gasteiger partial charge in [0.1, 0.15) is 0 Å². The highest BCUT2D eigenvalue weighted by Crippen LogP contribution is 2.38. The smallest absolute Gasteiger partial charge is 0.269 e. The minimum Gasteiger partial charge on any atom is -0.338 e. The summed E-state index contributed by atoms with van der Waals surface area (Å²) in [5.41, 5.74) is 5.95. The summed E-state index contributed by atoms with van der Waals surface area (Å²) in [5, 5.41) is 14.7. The van der Waals surface area contributed by atoms with Gasteiger partial charge in [-0.05, 0) is 31.9 Å². The summed E-state index contributed by atoms with van der Waals surface area (Å²) in [7, 11) is 0. The zero-order valence-corrected chi connectivity index (χ0v) is 13.6. The maximum atomic E-state index is 10.7. The fraction of sp³-hybridized carbons (Fsp3) is 0.467. The molecule has 122 valence electrons. The molecule has 2 aromatic rings. The number of hydrogen-bond acceptors (Lipinski definition) is 7. The maximum absolute atomic E-state index is 10.7. The van der Waals surface area contributed by atoms with E-state index in [1.165, 1.54) is 23.9 Å². The number of nitrogens with zero attached hydrogens (tertiary/aromatic N) is 3. The van der Waals surface area contributed by atoms with Crippen LogP contribution in [0.3, 0.4) is 0 Å². The van der Waals surface area contributed by atoms with Crippen LogP contribution in [-0.2, 0) is 5.54 Å². The Bertz CT molecular complexity index is 695. The van der Waals surface area contributed by atoms with Crippen LogP contribution in [0.2, 0.25) is 0 Å². The average molecular weight is 334 g/mol. The second-order valence-electron chi connectivity index (χ2n) is 5.83. The summed E-state index contributed by atoms with van der Waals surface area (Å²) in [5.74, 6) is 1.11. The number of nitro groups is 1. The molecule has 0 spiro atoms. The molecule has 0 radical (unpaired) electrons. The van der Waals surface area contributed by atoms with Gasteiger partial charge in [0, 0.05) is 17.0 Å². The van der Waals surface area contributed by atoms with E-state index in [1.54, 1.807) is 12.1 Å².